The number of hydrogen-bond acceptors (Lipinski definition) is 6. The van der Waals surface area contributed by atoms with Crippen LogP contribution in [0.15, 0.2) is 65.5 Å². The Kier molecular flexibility index (Phi) is 5.62. The number of likely N-dealkylation sites (tertiary alicyclic amines) is 1. The molecule has 6 rings (SSSR count). The number of nitrogens with zero attached hydrogens (tertiary/aromatic N) is 2. The van der Waals surface area contributed by atoms with Crippen molar-refractivity contribution in [2.24, 2.45) is 11.8 Å². The molecule has 3 aliphatic rings. The van der Waals surface area contributed by atoms with E-state index in [1.807, 2.05) is 71.6 Å². The maximum absolute atomic E-state index is 13.4. The van der Waals surface area contributed by atoms with Crippen molar-refractivity contribution in [1.82, 2.24) is 9.47 Å². The number of hydrogen-bond donors (Lipinski definition) is 2. The van der Waals surface area contributed by atoms with Crippen LogP contribution in [0.25, 0.3) is 12.2 Å². The highest BCUT2D eigenvalue weighted by molar-refractivity contribution is 5.75. The average molecular weight is 487 g/mol. The van der Waals surface area contributed by atoms with Gasteiger partial charge in [0.25, 0.3) is 5.56 Å². The highest BCUT2D eigenvalue weighted by atomic mass is 16.7. The molecule has 0 radical (unpaired) electrons. The van der Waals surface area contributed by atoms with Crippen LogP contribution in [-0.4, -0.2) is 45.1 Å². The molecule has 1 aromatic heterocycles. The van der Waals surface area contributed by atoms with Crippen LogP contribution in [0, 0.1) is 11.8 Å². The number of rotatable bonds is 6. The van der Waals surface area contributed by atoms with Gasteiger partial charge in [-0.25, -0.2) is 0 Å². The summed E-state index contributed by atoms with van der Waals surface area (Å²) < 4.78 is 12.6. The van der Waals surface area contributed by atoms with E-state index in [1.54, 1.807) is 10.6 Å². The lowest BCUT2D eigenvalue weighted by atomic mass is 9.88. The van der Waals surface area contributed by atoms with E-state index < -0.39 is 17.9 Å². The monoisotopic (exact) mass is 486 g/mol. The van der Waals surface area contributed by atoms with Crippen LogP contribution in [0.5, 0.6) is 11.5 Å². The molecule has 1 fully saturated rings. The molecular formula is C28H26N2O6. The lowest BCUT2D eigenvalue weighted by molar-refractivity contribution is -0.145. The van der Waals surface area contributed by atoms with Gasteiger partial charge in [-0.2, -0.15) is 0 Å². The quantitative estimate of drug-likeness (QED) is 0.552. The van der Waals surface area contributed by atoms with Crippen molar-refractivity contribution in [3.05, 3.63) is 93.4 Å². The van der Waals surface area contributed by atoms with Gasteiger partial charge in [-0.3, -0.25) is 14.5 Å². The number of aromatic nitrogens is 1. The molecule has 0 unspecified atom stereocenters. The Morgan fingerprint density at radius 1 is 1.03 bits per heavy atom. The zero-order chi connectivity index (χ0) is 24.8. The van der Waals surface area contributed by atoms with Gasteiger partial charge < -0.3 is 24.3 Å². The van der Waals surface area contributed by atoms with Crippen molar-refractivity contribution < 1.29 is 24.5 Å². The van der Waals surface area contributed by atoms with E-state index in [0.29, 0.717) is 30.2 Å². The first-order chi connectivity index (χ1) is 17.5. The second kappa shape index (κ2) is 8.96. The van der Waals surface area contributed by atoms with Gasteiger partial charge in [0.15, 0.2) is 11.5 Å². The molecule has 184 valence electrons. The van der Waals surface area contributed by atoms with Crippen LogP contribution in [0.4, 0.5) is 0 Å². The van der Waals surface area contributed by atoms with Gasteiger partial charge in [-0.05, 0) is 41.5 Å². The molecular weight excluding hydrogens is 460 g/mol. The number of carboxylic acid groups (broad SMARTS) is 1. The summed E-state index contributed by atoms with van der Waals surface area (Å²) in [6.07, 6.45) is 3.72. The molecule has 8 heteroatoms. The maximum Gasteiger partial charge on any atom is 0.321 e. The molecule has 3 aliphatic heterocycles. The number of pyridine rings is 1. The molecule has 2 aromatic carbocycles. The first kappa shape index (κ1) is 22.6. The minimum atomic E-state index is -0.972. The Bertz CT molecular complexity index is 1400. The lowest BCUT2D eigenvalue weighted by Crippen LogP contribution is -2.42. The predicted octanol–water partition coefficient (Wildman–Crippen LogP) is 3.00. The Morgan fingerprint density at radius 3 is 2.61 bits per heavy atom. The topological polar surface area (TPSA) is 101 Å². The third kappa shape index (κ3) is 3.70. The number of aliphatic hydroxyl groups excluding tert-OH is 1. The average Bonchev–Trinajstić information content (AvgIpc) is 3.58. The van der Waals surface area contributed by atoms with Crippen molar-refractivity contribution in [3.63, 3.8) is 0 Å². The maximum atomic E-state index is 13.4. The summed E-state index contributed by atoms with van der Waals surface area (Å²) in [6.45, 7) is 0.613. The van der Waals surface area contributed by atoms with Crippen molar-refractivity contribution in [2.75, 3.05) is 13.4 Å². The molecule has 36 heavy (non-hydrogen) atoms. The number of aliphatic carboxylic acids is 1. The molecule has 8 nitrogen and oxygen atoms in total. The molecule has 2 N–H and O–H groups in total. The Hall–Kier alpha value is -3.88. The smallest absolute Gasteiger partial charge is 0.321 e. The molecule has 0 bridgehead atoms. The van der Waals surface area contributed by atoms with Crippen molar-refractivity contribution in [3.8, 4) is 11.5 Å². The Morgan fingerprint density at radius 2 is 1.83 bits per heavy atom. The Balaban J connectivity index is 1.36. The minimum absolute atomic E-state index is 0.110. The van der Waals surface area contributed by atoms with E-state index in [9.17, 15) is 19.8 Å². The molecule has 4 atom stereocenters. The van der Waals surface area contributed by atoms with Gasteiger partial charge in [0, 0.05) is 42.8 Å². The molecule has 0 spiro atoms. The first-order valence-electron chi connectivity index (χ1n) is 12.0. The van der Waals surface area contributed by atoms with Gasteiger partial charge in [0.2, 0.25) is 6.79 Å². The summed E-state index contributed by atoms with van der Waals surface area (Å²) in [6, 6.07) is 17.9. The van der Waals surface area contributed by atoms with Gasteiger partial charge >= 0.3 is 5.97 Å². The third-order valence-corrected chi connectivity index (χ3v) is 7.53. The minimum Gasteiger partial charge on any atom is -0.480 e. The van der Waals surface area contributed by atoms with E-state index in [4.69, 9.17) is 9.47 Å². The molecule has 1 saturated heterocycles. The fourth-order valence-corrected chi connectivity index (χ4v) is 5.91. The zero-order valence-electron chi connectivity index (χ0n) is 19.5. The fourth-order valence-electron chi connectivity index (χ4n) is 5.91. The summed E-state index contributed by atoms with van der Waals surface area (Å²) in [5.41, 5.74) is 3.12. The highest BCUT2D eigenvalue weighted by Crippen LogP contribution is 2.50. The molecule has 0 saturated carbocycles. The van der Waals surface area contributed by atoms with E-state index >= 15 is 0 Å². The van der Waals surface area contributed by atoms with Crippen LogP contribution in [0.2, 0.25) is 0 Å². The van der Waals surface area contributed by atoms with E-state index in [0.717, 1.165) is 16.8 Å². The largest absolute Gasteiger partial charge is 0.480 e. The highest BCUT2D eigenvalue weighted by Gasteiger charge is 2.55. The van der Waals surface area contributed by atoms with Crippen LogP contribution in [0.1, 0.15) is 28.4 Å². The standard InChI is InChI=1S/C28H26N2O6/c31-15-21-20-14-29-22(10-9-19(27(29)32)8-6-17-4-2-1-3-5-17)25(20)30(26(21)28(33)34)13-18-7-11-23-24(12-18)36-16-35-23/h1-12,20-21,25-26,31H,13-16H2,(H,33,34)/t20-,21-,25+,26-/m0/s1. The van der Waals surface area contributed by atoms with Gasteiger partial charge in [0.1, 0.15) is 6.04 Å². The Labute approximate surface area is 207 Å². The summed E-state index contributed by atoms with van der Waals surface area (Å²) >= 11 is 0. The van der Waals surface area contributed by atoms with Gasteiger partial charge in [-0.15, -0.1) is 0 Å². The molecule has 3 aromatic rings. The number of aliphatic hydroxyl groups is 1. The zero-order valence-corrected chi connectivity index (χ0v) is 19.5. The number of fused-ring (bicyclic) bond motifs is 4. The number of ether oxygens (including phenoxy) is 2. The SMILES string of the molecule is O=C(O)[C@@H]1[C@@H](CO)[C@@H]2Cn3c(ccc(C=Cc4ccccc4)c3=O)[C@@H]2N1Cc1ccc2c(c1)OCO2. The molecule has 0 aliphatic carbocycles. The fraction of sp³-hybridized carbons (Fsp3) is 0.286. The van der Waals surface area contributed by atoms with Crippen molar-refractivity contribution >= 4 is 18.1 Å². The van der Waals surface area contributed by atoms with Crippen LogP contribution in [0.3, 0.4) is 0 Å². The van der Waals surface area contributed by atoms with Crippen LogP contribution in [-0.2, 0) is 17.9 Å². The summed E-state index contributed by atoms with van der Waals surface area (Å²) in [4.78, 5) is 27.7. The number of carboxylic acids is 1. The van der Waals surface area contributed by atoms with Crippen LogP contribution >= 0.6 is 0 Å². The molecule has 0 amide bonds. The third-order valence-electron chi connectivity index (χ3n) is 7.53. The predicted molar refractivity (Wildman–Crippen MR) is 132 cm³/mol. The lowest BCUT2D eigenvalue weighted by Gasteiger charge is -2.29. The second-order valence-corrected chi connectivity index (χ2v) is 9.47. The van der Waals surface area contributed by atoms with E-state index in [-0.39, 0.29) is 30.9 Å². The number of benzene rings is 2. The number of carbonyl (C=O) groups is 1. The van der Waals surface area contributed by atoms with Crippen molar-refractivity contribution in [2.45, 2.75) is 25.2 Å². The van der Waals surface area contributed by atoms with Crippen molar-refractivity contribution in [1.29, 1.82) is 0 Å². The normalized spacial score (nSPS) is 24.2. The summed E-state index contributed by atoms with van der Waals surface area (Å²) in [7, 11) is 0. The van der Waals surface area contributed by atoms with E-state index in [1.165, 1.54) is 0 Å². The van der Waals surface area contributed by atoms with Crippen LogP contribution < -0.4 is 15.0 Å². The van der Waals surface area contributed by atoms with Gasteiger partial charge in [-0.1, -0.05) is 42.5 Å². The summed E-state index contributed by atoms with van der Waals surface area (Å²) in [5.74, 6) is -0.363. The first-order valence-corrected chi connectivity index (χ1v) is 12.0. The van der Waals surface area contributed by atoms with E-state index in [2.05, 4.69) is 0 Å². The summed E-state index contributed by atoms with van der Waals surface area (Å²) in [5, 5.41) is 20.4. The second-order valence-electron chi connectivity index (χ2n) is 9.47. The molecule has 4 heterocycles. The van der Waals surface area contributed by atoms with Gasteiger partial charge in [0.05, 0.1) is 6.04 Å².